The lowest BCUT2D eigenvalue weighted by molar-refractivity contribution is -0.110. The summed E-state index contributed by atoms with van der Waals surface area (Å²) >= 11 is 3.72. The van der Waals surface area contributed by atoms with Gasteiger partial charge in [-0.25, -0.2) is 0 Å². The van der Waals surface area contributed by atoms with E-state index in [0.29, 0.717) is 6.42 Å². The molecule has 0 fully saturated rings. The topological polar surface area (TPSA) is 17.1 Å². The molecule has 0 radical (unpaired) electrons. The number of thiol groups is 1. The standard InChI is InChI=1S/C11H21OS/c1-2-3-4-5-6-7-8-9-10-11(12)13/h1-10H2,(H,12,13)/q-1. The van der Waals surface area contributed by atoms with Crippen LogP contribution in [0.4, 0.5) is 0 Å². The van der Waals surface area contributed by atoms with Crippen LogP contribution < -0.4 is 0 Å². The molecule has 0 aromatic carbocycles. The first kappa shape index (κ1) is 13.0. The van der Waals surface area contributed by atoms with Crippen molar-refractivity contribution in [2.45, 2.75) is 57.8 Å². The van der Waals surface area contributed by atoms with Gasteiger partial charge in [-0.15, -0.1) is 12.6 Å². The molecule has 0 bridgehead atoms. The lowest BCUT2D eigenvalue weighted by atomic mass is 10.1. The molecular weight excluding hydrogens is 180 g/mol. The van der Waals surface area contributed by atoms with Gasteiger partial charge in [0.15, 0.2) is 5.12 Å². The Morgan fingerprint density at radius 1 is 0.923 bits per heavy atom. The zero-order chi connectivity index (χ0) is 9.94. The number of unbranched alkanes of at least 4 members (excludes halogenated alkanes) is 7. The second kappa shape index (κ2) is 10.1. The van der Waals surface area contributed by atoms with Crippen LogP contribution in [0.5, 0.6) is 0 Å². The van der Waals surface area contributed by atoms with Gasteiger partial charge in [0, 0.05) is 6.42 Å². The van der Waals surface area contributed by atoms with Gasteiger partial charge in [-0.1, -0.05) is 38.5 Å². The number of hydrogen-bond acceptors (Lipinski definition) is 1. The number of carbonyl (C=O) groups excluding carboxylic acids is 1. The van der Waals surface area contributed by atoms with Crippen LogP contribution in [-0.4, -0.2) is 5.12 Å². The molecule has 0 saturated heterocycles. The summed E-state index contributed by atoms with van der Waals surface area (Å²) in [5.41, 5.74) is 0. The Balaban J connectivity index is 2.87. The van der Waals surface area contributed by atoms with Crippen molar-refractivity contribution in [2.24, 2.45) is 0 Å². The van der Waals surface area contributed by atoms with Gasteiger partial charge in [-0.3, -0.25) is 4.79 Å². The quantitative estimate of drug-likeness (QED) is 0.341. The average molecular weight is 201 g/mol. The Morgan fingerprint density at radius 3 is 1.85 bits per heavy atom. The Bertz CT molecular complexity index is 123. The minimum absolute atomic E-state index is 0.0251. The molecule has 0 aromatic heterocycles. The third-order valence-corrected chi connectivity index (χ3v) is 2.36. The summed E-state index contributed by atoms with van der Waals surface area (Å²) in [6, 6.07) is 0. The van der Waals surface area contributed by atoms with Crippen LogP contribution in [0.1, 0.15) is 57.8 Å². The maximum Gasteiger partial charge on any atom is 0.185 e. The highest BCUT2D eigenvalue weighted by atomic mass is 32.1. The molecule has 1 nitrogen and oxygen atoms in total. The van der Waals surface area contributed by atoms with Crippen LogP contribution in [0.25, 0.3) is 0 Å². The maximum absolute atomic E-state index is 10.5. The van der Waals surface area contributed by atoms with Gasteiger partial charge in [0.25, 0.3) is 0 Å². The highest BCUT2D eigenvalue weighted by molar-refractivity contribution is 7.96. The Kier molecular flexibility index (Phi) is 10.1. The lowest BCUT2D eigenvalue weighted by Crippen LogP contribution is -1.86. The maximum atomic E-state index is 10.5. The molecule has 0 spiro atoms. The van der Waals surface area contributed by atoms with E-state index in [9.17, 15) is 4.79 Å². The zero-order valence-corrected chi connectivity index (χ0v) is 9.32. The Hall–Kier alpha value is 0.0200. The molecule has 0 saturated carbocycles. The molecule has 0 N–H and O–H groups in total. The first-order valence-corrected chi connectivity index (χ1v) is 5.73. The smallest absolute Gasteiger partial charge is 0.185 e. The lowest BCUT2D eigenvalue weighted by Gasteiger charge is -2.00. The first-order chi connectivity index (χ1) is 6.27. The highest BCUT2D eigenvalue weighted by Gasteiger charge is 1.94. The van der Waals surface area contributed by atoms with Crippen molar-refractivity contribution < 1.29 is 4.79 Å². The minimum atomic E-state index is 0.0251. The van der Waals surface area contributed by atoms with Crippen molar-refractivity contribution in [3.05, 3.63) is 6.92 Å². The summed E-state index contributed by atoms with van der Waals surface area (Å²) in [5.74, 6) is 0. The molecule has 2 heteroatoms. The monoisotopic (exact) mass is 201 g/mol. The highest BCUT2D eigenvalue weighted by Crippen LogP contribution is 2.09. The number of carbonyl (C=O) groups is 1. The van der Waals surface area contributed by atoms with E-state index in [4.69, 9.17) is 0 Å². The third-order valence-electron chi connectivity index (χ3n) is 2.14. The SMILES string of the molecule is [CH2-]CCCCCCCCCC(=O)S. The van der Waals surface area contributed by atoms with Crippen LogP contribution in [0.15, 0.2) is 0 Å². The van der Waals surface area contributed by atoms with Crippen molar-refractivity contribution in [3.8, 4) is 0 Å². The predicted molar refractivity (Wildman–Crippen MR) is 60.9 cm³/mol. The summed E-state index contributed by atoms with van der Waals surface area (Å²) < 4.78 is 0. The van der Waals surface area contributed by atoms with Crippen molar-refractivity contribution in [2.75, 3.05) is 0 Å². The summed E-state index contributed by atoms with van der Waals surface area (Å²) in [4.78, 5) is 10.5. The minimum Gasteiger partial charge on any atom is -0.343 e. The van der Waals surface area contributed by atoms with Gasteiger partial charge in [-0.2, -0.15) is 6.42 Å². The number of hydrogen-bond donors (Lipinski definition) is 1. The molecule has 0 aliphatic heterocycles. The van der Waals surface area contributed by atoms with E-state index < -0.39 is 0 Å². The van der Waals surface area contributed by atoms with Crippen LogP contribution in [0.3, 0.4) is 0 Å². The van der Waals surface area contributed by atoms with Crippen molar-refractivity contribution >= 4 is 17.7 Å². The Morgan fingerprint density at radius 2 is 1.38 bits per heavy atom. The zero-order valence-electron chi connectivity index (χ0n) is 8.43. The van der Waals surface area contributed by atoms with E-state index >= 15 is 0 Å². The summed E-state index contributed by atoms with van der Waals surface area (Å²) in [6.45, 7) is 3.81. The van der Waals surface area contributed by atoms with Crippen LogP contribution in [0, 0.1) is 6.92 Å². The molecule has 0 unspecified atom stereocenters. The normalized spacial score (nSPS) is 10.3. The van der Waals surface area contributed by atoms with E-state index in [1.54, 1.807) is 0 Å². The first-order valence-electron chi connectivity index (χ1n) is 5.28. The second-order valence-electron chi connectivity index (χ2n) is 3.47. The molecule has 13 heavy (non-hydrogen) atoms. The fourth-order valence-electron chi connectivity index (χ4n) is 1.34. The predicted octanol–water partition coefficient (Wildman–Crippen LogP) is 3.79. The van der Waals surface area contributed by atoms with Crippen LogP contribution >= 0.6 is 12.6 Å². The molecule has 78 valence electrons. The summed E-state index contributed by atoms with van der Waals surface area (Å²) in [7, 11) is 0. The van der Waals surface area contributed by atoms with Gasteiger partial charge in [0.1, 0.15) is 0 Å². The van der Waals surface area contributed by atoms with Crippen molar-refractivity contribution in [3.63, 3.8) is 0 Å². The van der Waals surface area contributed by atoms with Crippen molar-refractivity contribution in [1.82, 2.24) is 0 Å². The van der Waals surface area contributed by atoms with Gasteiger partial charge in [-0.05, 0) is 6.42 Å². The summed E-state index contributed by atoms with van der Waals surface area (Å²) in [5, 5.41) is 0.0251. The van der Waals surface area contributed by atoms with Crippen molar-refractivity contribution in [1.29, 1.82) is 0 Å². The fraction of sp³-hybridized carbons (Fsp3) is 0.818. The van der Waals surface area contributed by atoms with Crippen LogP contribution in [0.2, 0.25) is 0 Å². The van der Waals surface area contributed by atoms with E-state index in [1.165, 1.54) is 38.5 Å². The van der Waals surface area contributed by atoms with Gasteiger partial charge in [0.2, 0.25) is 0 Å². The molecule has 0 rings (SSSR count). The Labute approximate surface area is 87.7 Å². The van der Waals surface area contributed by atoms with E-state index in [0.717, 1.165) is 12.8 Å². The van der Waals surface area contributed by atoms with E-state index in [2.05, 4.69) is 19.6 Å². The van der Waals surface area contributed by atoms with Gasteiger partial charge >= 0.3 is 0 Å². The largest absolute Gasteiger partial charge is 0.343 e. The molecule has 0 atom stereocenters. The average Bonchev–Trinajstić information content (AvgIpc) is 2.09. The van der Waals surface area contributed by atoms with Crippen LogP contribution in [-0.2, 0) is 4.79 Å². The third kappa shape index (κ3) is 12.0. The molecule has 0 aliphatic carbocycles. The second-order valence-corrected chi connectivity index (χ2v) is 3.97. The molecule has 0 heterocycles. The molecular formula is C11H21OS-. The van der Waals surface area contributed by atoms with Gasteiger partial charge < -0.3 is 6.92 Å². The summed E-state index contributed by atoms with van der Waals surface area (Å²) in [6.07, 6.45) is 10.4. The van der Waals surface area contributed by atoms with E-state index in [1.807, 2.05) is 0 Å². The number of rotatable bonds is 9. The molecule has 0 aromatic rings. The molecule has 0 amide bonds. The van der Waals surface area contributed by atoms with E-state index in [-0.39, 0.29) is 5.12 Å². The fourth-order valence-corrected chi connectivity index (χ4v) is 1.49. The van der Waals surface area contributed by atoms with Gasteiger partial charge in [0.05, 0.1) is 0 Å². The molecule has 0 aliphatic rings.